The van der Waals surface area contributed by atoms with Gasteiger partial charge in [0.1, 0.15) is 11.8 Å². The third-order valence-electron chi connectivity index (χ3n) is 4.58. The summed E-state index contributed by atoms with van der Waals surface area (Å²) in [6.07, 6.45) is 0.389. The lowest BCUT2D eigenvalue weighted by molar-refractivity contribution is -0.118. The molecule has 0 aliphatic rings. The van der Waals surface area contributed by atoms with Gasteiger partial charge in [-0.2, -0.15) is 0 Å². The van der Waals surface area contributed by atoms with Crippen LogP contribution in [0.5, 0.6) is 5.75 Å². The van der Waals surface area contributed by atoms with Crippen molar-refractivity contribution in [2.75, 3.05) is 12.4 Å². The molecule has 2 N–H and O–H groups in total. The number of carbonyl (C=O) groups excluding carboxylic acids is 2. The van der Waals surface area contributed by atoms with Gasteiger partial charge in [0.15, 0.2) is 0 Å². The summed E-state index contributed by atoms with van der Waals surface area (Å²) in [6, 6.07) is 23.2. The first-order valence-corrected chi connectivity index (χ1v) is 9.41. The van der Waals surface area contributed by atoms with Crippen molar-refractivity contribution in [3.63, 3.8) is 0 Å². The van der Waals surface area contributed by atoms with Crippen LogP contribution in [0.25, 0.3) is 0 Å². The Kier molecular flexibility index (Phi) is 6.63. The number of rotatable bonds is 7. The lowest BCUT2D eigenvalue weighted by Crippen LogP contribution is -2.45. The first-order valence-electron chi connectivity index (χ1n) is 9.41. The van der Waals surface area contributed by atoms with Crippen LogP contribution in [0.2, 0.25) is 0 Å². The van der Waals surface area contributed by atoms with Crippen molar-refractivity contribution < 1.29 is 14.3 Å². The predicted octanol–water partition coefficient (Wildman–Crippen LogP) is 3.98. The van der Waals surface area contributed by atoms with Crippen molar-refractivity contribution in [2.24, 2.45) is 0 Å². The van der Waals surface area contributed by atoms with E-state index in [0.29, 0.717) is 23.4 Å². The fourth-order valence-electron chi connectivity index (χ4n) is 2.91. The molecule has 0 aromatic heterocycles. The van der Waals surface area contributed by atoms with Crippen LogP contribution >= 0.6 is 0 Å². The molecule has 0 aliphatic carbocycles. The van der Waals surface area contributed by atoms with Crippen LogP contribution in [-0.4, -0.2) is 25.0 Å². The van der Waals surface area contributed by atoms with Crippen LogP contribution in [0.1, 0.15) is 21.5 Å². The maximum Gasteiger partial charge on any atom is 0.251 e. The van der Waals surface area contributed by atoms with Gasteiger partial charge in [0.2, 0.25) is 5.91 Å². The van der Waals surface area contributed by atoms with Crippen LogP contribution < -0.4 is 15.4 Å². The standard InChI is InChI=1S/C24H24N2O3/c1-17-8-10-19(11-9-17)23(27)26-22(16-18-6-4-3-5-7-18)24(28)25-20-12-14-21(29-2)15-13-20/h3-15,22H,16H2,1-2H3,(H,25,28)(H,26,27). The first-order chi connectivity index (χ1) is 14.0. The van der Waals surface area contributed by atoms with Gasteiger partial charge < -0.3 is 15.4 Å². The minimum Gasteiger partial charge on any atom is -0.497 e. The van der Waals surface area contributed by atoms with E-state index in [2.05, 4.69) is 10.6 Å². The maximum atomic E-state index is 12.9. The molecular formula is C24H24N2O3. The fourth-order valence-corrected chi connectivity index (χ4v) is 2.91. The van der Waals surface area contributed by atoms with E-state index < -0.39 is 6.04 Å². The van der Waals surface area contributed by atoms with E-state index >= 15 is 0 Å². The molecule has 0 spiro atoms. The zero-order chi connectivity index (χ0) is 20.6. The smallest absolute Gasteiger partial charge is 0.251 e. The summed E-state index contributed by atoms with van der Waals surface area (Å²) in [5.41, 5.74) is 3.19. The van der Waals surface area contributed by atoms with Gasteiger partial charge in [-0.1, -0.05) is 48.0 Å². The lowest BCUT2D eigenvalue weighted by atomic mass is 10.0. The monoisotopic (exact) mass is 388 g/mol. The Hall–Kier alpha value is -3.60. The molecule has 3 rings (SSSR count). The van der Waals surface area contributed by atoms with Gasteiger partial charge in [-0.05, 0) is 48.9 Å². The van der Waals surface area contributed by atoms with Crippen LogP contribution in [0, 0.1) is 6.92 Å². The number of anilines is 1. The fraction of sp³-hybridized carbons (Fsp3) is 0.167. The number of ether oxygens (including phenoxy) is 1. The van der Waals surface area contributed by atoms with E-state index in [1.165, 1.54) is 0 Å². The van der Waals surface area contributed by atoms with Crippen LogP contribution in [0.3, 0.4) is 0 Å². The summed E-state index contributed by atoms with van der Waals surface area (Å²) in [7, 11) is 1.59. The molecule has 3 aromatic carbocycles. The number of hydrogen-bond donors (Lipinski definition) is 2. The molecule has 3 aromatic rings. The average molecular weight is 388 g/mol. The van der Waals surface area contributed by atoms with E-state index in [4.69, 9.17) is 4.74 Å². The van der Waals surface area contributed by atoms with E-state index in [1.54, 1.807) is 43.5 Å². The molecule has 0 radical (unpaired) electrons. The van der Waals surface area contributed by atoms with Gasteiger partial charge in [0, 0.05) is 17.7 Å². The molecule has 5 nitrogen and oxygen atoms in total. The van der Waals surface area contributed by atoms with E-state index in [-0.39, 0.29) is 11.8 Å². The lowest BCUT2D eigenvalue weighted by Gasteiger charge is -2.19. The largest absolute Gasteiger partial charge is 0.497 e. The van der Waals surface area contributed by atoms with Crippen molar-refractivity contribution in [1.29, 1.82) is 0 Å². The maximum absolute atomic E-state index is 12.9. The van der Waals surface area contributed by atoms with Crippen molar-refractivity contribution in [1.82, 2.24) is 5.32 Å². The number of amides is 2. The highest BCUT2D eigenvalue weighted by molar-refractivity contribution is 6.01. The Labute approximate surface area is 170 Å². The Morgan fingerprint density at radius 2 is 1.55 bits per heavy atom. The third kappa shape index (κ3) is 5.69. The summed E-state index contributed by atoms with van der Waals surface area (Å²) in [5.74, 6) is 0.145. The van der Waals surface area contributed by atoms with Gasteiger partial charge >= 0.3 is 0 Å². The predicted molar refractivity (Wildman–Crippen MR) is 114 cm³/mol. The zero-order valence-corrected chi connectivity index (χ0v) is 16.5. The Bertz CT molecular complexity index is 952. The third-order valence-corrected chi connectivity index (χ3v) is 4.58. The summed E-state index contributed by atoms with van der Waals surface area (Å²) < 4.78 is 5.14. The zero-order valence-electron chi connectivity index (χ0n) is 16.5. The number of nitrogens with one attached hydrogen (secondary N) is 2. The number of carbonyl (C=O) groups is 2. The summed E-state index contributed by atoms with van der Waals surface area (Å²) in [5, 5.41) is 5.74. The number of hydrogen-bond acceptors (Lipinski definition) is 3. The number of methoxy groups -OCH3 is 1. The number of aryl methyl sites for hydroxylation is 1. The molecule has 0 saturated heterocycles. The second-order valence-corrected chi connectivity index (χ2v) is 6.80. The van der Waals surface area contributed by atoms with Crippen molar-refractivity contribution in [3.05, 3.63) is 95.6 Å². The molecule has 148 valence electrons. The SMILES string of the molecule is COc1ccc(NC(=O)C(Cc2ccccc2)NC(=O)c2ccc(C)cc2)cc1. The Balaban J connectivity index is 1.76. The van der Waals surface area contributed by atoms with Gasteiger partial charge in [-0.15, -0.1) is 0 Å². The molecule has 5 heteroatoms. The highest BCUT2D eigenvalue weighted by Crippen LogP contribution is 2.16. The molecule has 1 unspecified atom stereocenters. The molecule has 1 atom stereocenters. The topological polar surface area (TPSA) is 67.4 Å². The van der Waals surface area contributed by atoms with E-state index in [9.17, 15) is 9.59 Å². The minimum atomic E-state index is -0.715. The highest BCUT2D eigenvalue weighted by Gasteiger charge is 2.22. The van der Waals surface area contributed by atoms with Crippen LogP contribution in [0.4, 0.5) is 5.69 Å². The second kappa shape index (κ2) is 9.55. The van der Waals surface area contributed by atoms with E-state index in [0.717, 1.165) is 11.1 Å². The molecular weight excluding hydrogens is 364 g/mol. The normalized spacial score (nSPS) is 11.4. The van der Waals surface area contributed by atoms with Crippen molar-refractivity contribution in [2.45, 2.75) is 19.4 Å². The van der Waals surface area contributed by atoms with Gasteiger partial charge in [0.25, 0.3) is 5.91 Å². The Morgan fingerprint density at radius 3 is 2.17 bits per heavy atom. The average Bonchev–Trinajstić information content (AvgIpc) is 2.75. The quantitative estimate of drug-likeness (QED) is 0.643. The van der Waals surface area contributed by atoms with Crippen molar-refractivity contribution >= 4 is 17.5 Å². The molecule has 0 bridgehead atoms. The molecule has 2 amide bonds. The second-order valence-electron chi connectivity index (χ2n) is 6.80. The summed E-state index contributed by atoms with van der Waals surface area (Å²) in [4.78, 5) is 25.6. The van der Waals surface area contributed by atoms with E-state index in [1.807, 2.05) is 49.4 Å². The summed E-state index contributed by atoms with van der Waals surface area (Å²) in [6.45, 7) is 1.96. The molecule has 0 fully saturated rings. The Morgan fingerprint density at radius 1 is 0.897 bits per heavy atom. The van der Waals surface area contributed by atoms with Crippen molar-refractivity contribution in [3.8, 4) is 5.75 Å². The van der Waals surface area contributed by atoms with Gasteiger partial charge in [0.05, 0.1) is 7.11 Å². The van der Waals surface area contributed by atoms with Gasteiger partial charge in [-0.25, -0.2) is 0 Å². The number of benzene rings is 3. The van der Waals surface area contributed by atoms with Gasteiger partial charge in [-0.3, -0.25) is 9.59 Å². The molecule has 0 heterocycles. The molecule has 29 heavy (non-hydrogen) atoms. The molecule has 0 saturated carbocycles. The van der Waals surface area contributed by atoms with Crippen LogP contribution in [-0.2, 0) is 11.2 Å². The van der Waals surface area contributed by atoms with Crippen LogP contribution in [0.15, 0.2) is 78.9 Å². The summed E-state index contributed by atoms with van der Waals surface area (Å²) >= 11 is 0. The molecule has 0 aliphatic heterocycles. The first kappa shape index (κ1) is 20.1. The highest BCUT2D eigenvalue weighted by atomic mass is 16.5. The minimum absolute atomic E-state index is 0.278.